The van der Waals surface area contributed by atoms with Crippen molar-refractivity contribution in [1.82, 2.24) is 10.3 Å². The zero-order valence-electron chi connectivity index (χ0n) is 15.6. The molecule has 4 nitrogen and oxygen atoms in total. The van der Waals surface area contributed by atoms with Gasteiger partial charge in [0.25, 0.3) is 5.91 Å². The quantitative estimate of drug-likeness (QED) is 0.454. The van der Waals surface area contributed by atoms with E-state index in [1.165, 1.54) is 5.56 Å². The summed E-state index contributed by atoms with van der Waals surface area (Å²) in [7, 11) is 0. The number of hydrogen-bond acceptors (Lipinski definition) is 3. The Kier molecular flexibility index (Phi) is 5.73. The molecule has 0 aliphatic rings. The van der Waals surface area contributed by atoms with E-state index in [1.807, 2.05) is 60.7 Å². The highest BCUT2D eigenvalue weighted by Gasteiger charge is 2.16. The summed E-state index contributed by atoms with van der Waals surface area (Å²) in [6.07, 6.45) is 2.43. The number of oxazole rings is 1. The second kappa shape index (κ2) is 8.76. The first kappa shape index (κ1) is 19.0. The fraction of sp³-hybridized carbons (Fsp3) is 0.0833. The van der Waals surface area contributed by atoms with Crippen LogP contribution < -0.4 is 5.32 Å². The maximum atomic E-state index is 12.7. The summed E-state index contributed by atoms with van der Waals surface area (Å²) in [5.41, 5.74) is 3.24. The highest BCUT2D eigenvalue weighted by molar-refractivity contribution is 6.30. The van der Waals surface area contributed by atoms with Gasteiger partial charge in [-0.1, -0.05) is 54.1 Å². The third-order valence-electron chi connectivity index (χ3n) is 4.58. The number of aromatic nitrogens is 1. The molecule has 1 heterocycles. The number of carbonyl (C=O) groups excluding carboxylic acids is 1. The van der Waals surface area contributed by atoms with Crippen LogP contribution in [0, 0.1) is 0 Å². The molecular weight excluding hydrogens is 384 g/mol. The highest BCUT2D eigenvalue weighted by Crippen LogP contribution is 2.28. The van der Waals surface area contributed by atoms with Gasteiger partial charge in [-0.25, -0.2) is 4.98 Å². The largest absolute Gasteiger partial charge is 0.436 e. The first-order chi connectivity index (χ1) is 14.2. The van der Waals surface area contributed by atoms with E-state index in [2.05, 4.69) is 10.3 Å². The van der Waals surface area contributed by atoms with Gasteiger partial charge in [0.2, 0.25) is 5.89 Å². The average Bonchev–Trinajstić information content (AvgIpc) is 3.25. The molecule has 0 saturated carbocycles. The lowest BCUT2D eigenvalue weighted by Gasteiger charge is -2.08. The van der Waals surface area contributed by atoms with Crippen molar-refractivity contribution in [2.45, 2.75) is 6.42 Å². The van der Waals surface area contributed by atoms with Crippen LogP contribution in [0.3, 0.4) is 0 Å². The minimum atomic E-state index is -0.150. The Balaban J connectivity index is 1.51. The molecule has 4 rings (SSSR count). The summed E-state index contributed by atoms with van der Waals surface area (Å²) >= 11 is 5.95. The van der Waals surface area contributed by atoms with Crippen LogP contribution in [0.5, 0.6) is 0 Å². The summed E-state index contributed by atoms with van der Waals surface area (Å²) in [6, 6.07) is 24.7. The number of carbonyl (C=O) groups is 1. The first-order valence-electron chi connectivity index (χ1n) is 9.34. The zero-order chi connectivity index (χ0) is 20.1. The predicted octanol–water partition coefficient (Wildman–Crippen LogP) is 5.63. The van der Waals surface area contributed by atoms with Gasteiger partial charge in [-0.15, -0.1) is 0 Å². The van der Waals surface area contributed by atoms with Crippen molar-refractivity contribution in [3.8, 4) is 22.8 Å². The lowest BCUT2D eigenvalue weighted by molar-refractivity contribution is 0.0954. The van der Waals surface area contributed by atoms with Gasteiger partial charge >= 0.3 is 0 Å². The van der Waals surface area contributed by atoms with Gasteiger partial charge in [0.15, 0.2) is 5.76 Å². The maximum absolute atomic E-state index is 12.7. The lowest BCUT2D eigenvalue weighted by Crippen LogP contribution is -2.26. The summed E-state index contributed by atoms with van der Waals surface area (Å²) < 4.78 is 5.93. The molecule has 29 heavy (non-hydrogen) atoms. The van der Waals surface area contributed by atoms with Gasteiger partial charge in [0, 0.05) is 22.7 Å². The van der Waals surface area contributed by atoms with E-state index >= 15 is 0 Å². The summed E-state index contributed by atoms with van der Waals surface area (Å²) in [5, 5.41) is 3.64. The molecule has 144 valence electrons. The molecule has 0 unspecified atom stereocenters. The van der Waals surface area contributed by atoms with Gasteiger partial charge in [-0.3, -0.25) is 4.79 Å². The van der Waals surface area contributed by atoms with Gasteiger partial charge < -0.3 is 9.73 Å². The minimum absolute atomic E-state index is 0.150. The first-order valence-corrected chi connectivity index (χ1v) is 9.72. The van der Waals surface area contributed by atoms with Crippen LogP contribution in [0.1, 0.15) is 15.9 Å². The average molecular weight is 403 g/mol. The number of halogens is 1. The Morgan fingerprint density at radius 1 is 0.931 bits per heavy atom. The third kappa shape index (κ3) is 4.55. The van der Waals surface area contributed by atoms with Crippen molar-refractivity contribution < 1.29 is 9.21 Å². The Morgan fingerprint density at radius 3 is 2.45 bits per heavy atom. The van der Waals surface area contributed by atoms with Crippen molar-refractivity contribution in [1.29, 1.82) is 0 Å². The molecule has 5 heteroatoms. The molecule has 0 bridgehead atoms. The summed E-state index contributed by atoms with van der Waals surface area (Å²) in [4.78, 5) is 17.1. The van der Waals surface area contributed by atoms with Crippen molar-refractivity contribution in [2.75, 3.05) is 6.54 Å². The van der Waals surface area contributed by atoms with Crippen LogP contribution >= 0.6 is 11.6 Å². The van der Waals surface area contributed by atoms with Crippen LogP contribution in [0.2, 0.25) is 5.02 Å². The Morgan fingerprint density at radius 2 is 1.66 bits per heavy atom. The zero-order valence-corrected chi connectivity index (χ0v) is 16.4. The topological polar surface area (TPSA) is 55.1 Å². The second-order valence-electron chi connectivity index (χ2n) is 6.57. The maximum Gasteiger partial charge on any atom is 0.252 e. The molecule has 1 N–H and O–H groups in total. The molecule has 0 saturated heterocycles. The monoisotopic (exact) mass is 402 g/mol. The molecule has 4 aromatic rings. The summed E-state index contributed by atoms with van der Waals surface area (Å²) in [6.45, 7) is 0.554. The van der Waals surface area contributed by atoms with Gasteiger partial charge in [0.1, 0.15) is 0 Å². The molecule has 0 radical (unpaired) electrons. The second-order valence-corrected chi connectivity index (χ2v) is 7.01. The van der Waals surface area contributed by atoms with E-state index < -0.39 is 0 Å². The van der Waals surface area contributed by atoms with Gasteiger partial charge in [0.05, 0.1) is 11.8 Å². The van der Waals surface area contributed by atoms with Crippen LogP contribution in [0.4, 0.5) is 0 Å². The van der Waals surface area contributed by atoms with E-state index in [-0.39, 0.29) is 5.91 Å². The van der Waals surface area contributed by atoms with Crippen molar-refractivity contribution >= 4 is 17.5 Å². The normalized spacial score (nSPS) is 10.7. The lowest BCUT2D eigenvalue weighted by atomic mass is 10.1. The standard InChI is InChI=1S/C24H19ClN2O2/c25-19-12-10-18(11-13-19)22-16-27-24(29-22)21-9-5-4-8-20(21)23(28)26-15-14-17-6-2-1-3-7-17/h1-13,16H,14-15H2,(H,26,28). The molecule has 0 aliphatic carbocycles. The van der Waals surface area contributed by atoms with Crippen LogP contribution in [-0.2, 0) is 6.42 Å². The summed E-state index contributed by atoms with van der Waals surface area (Å²) in [5.74, 6) is 0.877. The van der Waals surface area contributed by atoms with Crippen LogP contribution in [0.15, 0.2) is 89.5 Å². The number of amides is 1. The van der Waals surface area contributed by atoms with E-state index in [1.54, 1.807) is 24.4 Å². The Labute approximate surface area is 174 Å². The van der Waals surface area contributed by atoms with Crippen LogP contribution in [-0.4, -0.2) is 17.4 Å². The predicted molar refractivity (Wildman–Crippen MR) is 115 cm³/mol. The van der Waals surface area contributed by atoms with Crippen molar-refractivity contribution in [3.05, 3.63) is 101 Å². The van der Waals surface area contributed by atoms with Gasteiger partial charge in [-0.05, 0) is 48.4 Å². The van der Waals surface area contributed by atoms with Crippen molar-refractivity contribution in [3.63, 3.8) is 0 Å². The molecule has 1 amide bonds. The number of rotatable bonds is 6. The number of nitrogens with zero attached hydrogens (tertiary/aromatic N) is 1. The fourth-order valence-corrected chi connectivity index (χ4v) is 3.20. The SMILES string of the molecule is O=C(NCCc1ccccc1)c1ccccc1-c1ncc(-c2ccc(Cl)cc2)o1. The number of benzene rings is 3. The molecular formula is C24H19ClN2O2. The Bertz CT molecular complexity index is 1110. The van der Waals surface area contributed by atoms with E-state index in [9.17, 15) is 4.79 Å². The molecule has 0 spiro atoms. The smallest absolute Gasteiger partial charge is 0.252 e. The van der Waals surface area contributed by atoms with E-state index in [0.717, 1.165) is 12.0 Å². The molecule has 1 aromatic heterocycles. The molecule has 3 aromatic carbocycles. The minimum Gasteiger partial charge on any atom is -0.436 e. The van der Waals surface area contributed by atoms with E-state index in [0.29, 0.717) is 34.3 Å². The van der Waals surface area contributed by atoms with Gasteiger partial charge in [-0.2, -0.15) is 0 Å². The highest BCUT2D eigenvalue weighted by atomic mass is 35.5. The molecule has 0 atom stereocenters. The molecule has 0 aliphatic heterocycles. The number of nitrogens with one attached hydrogen (secondary N) is 1. The Hall–Kier alpha value is -3.37. The fourth-order valence-electron chi connectivity index (χ4n) is 3.07. The molecule has 0 fully saturated rings. The number of hydrogen-bond donors (Lipinski definition) is 1. The van der Waals surface area contributed by atoms with Crippen LogP contribution in [0.25, 0.3) is 22.8 Å². The third-order valence-corrected chi connectivity index (χ3v) is 4.83. The van der Waals surface area contributed by atoms with Crippen molar-refractivity contribution in [2.24, 2.45) is 0 Å². The van der Waals surface area contributed by atoms with E-state index in [4.69, 9.17) is 16.0 Å².